The predicted molar refractivity (Wildman–Crippen MR) is 388 cm³/mol. The van der Waals surface area contributed by atoms with Crippen LogP contribution < -0.4 is 33.7 Å². The summed E-state index contributed by atoms with van der Waals surface area (Å²) in [5.74, 6) is 6.40. The van der Waals surface area contributed by atoms with Gasteiger partial charge in [-0.05, 0) is 191 Å². The fourth-order valence-corrected chi connectivity index (χ4v) is 11.8. The molecule has 544 valence electrons. The van der Waals surface area contributed by atoms with Crippen molar-refractivity contribution in [2.75, 3.05) is 126 Å². The van der Waals surface area contributed by atoms with E-state index in [4.69, 9.17) is 46.7 Å². The minimum Gasteiger partial charge on any atom is -0.493 e. The molecule has 26 nitrogen and oxygen atoms in total. The first kappa shape index (κ1) is 74.8. The van der Waals surface area contributed by atoms with E-state index in [0.29, 0.717) is 151 Å². The second-order valence-electron chi connectivity index (χ2n) is 25.6. The fourth-order valence-electron chi connectivity index (χ4n) is 11.8. The van der Waals surface area contributed by atoms with E-state index in [2.05, 4.69) is 47.7 Å². The summed E-state index contributed by atoms with van der Waals surface area (Å²) in [5.41, 5.74) is 8.68. The van der Waals surface area contributed by atoms with Crippen molar-refractivity contribution in [2.24, 2.45) is 0 Å². The van der Waals surface area contributed by atoms with Crippen LogP contribution in [0.5, 0.6) is 34.5 Å². The normalized spacial score (nSPS) is 14.0. The van der Waals surface area contributed by atoms with Gasteiger partial charge in [0.05, 0.1) is 40.1 Å². The Balaban J connectivity index is 0.000000167. The molecule has 9 aromatic rings. The molecule has 3 fully saturated rings. The van der Waals surface area contributed by atoms with E-state index in [1.165, 1.54) is 0 Å². The summed E-state index contributed by atoms with van der Waals surface area (Å²) in [6.07, 6.45) is -0.354. The molecule has 26 heteroatoms. The number of amides is 4. The fraction of sp³-hybridized carbons (Fsp3) is 0.403. The molecule has 0 atom stereocenters. The number of hydrogen-bond acceptors (Lipinski definition) is 22. The number of nitrogens with zero attached hydrogens (tertiary/aromatic N) is 11. The van der Waals surface area contributed by atoms with Gasteiger partial charge in [0.2, 0.25) is 17.5 Å². The van der Waals surface area contributed by atoms with Crippen LogP contribution in [0.4, 0.5) is 4.79 Å². The molecular weight excluding hydrogens is 1320 g/mol. The number of ether oxygens (including phenoxy) is 7. The number of carbonyl (C=O) groups excluding carboxylic acids is 4. The summed E-state index contributed by atoms with van der Waals surface area (Å²) in [4.78, 5) is 74.2. The number of hydrogen-bond donors (Lipinski definition) is 1. The Morgan fingerprint density at radius 2 is 0.738 bits per heavy atom. The van der Waals surface area contributed by atoms with Crippen LogP contribution in [0.25, 0.3) is 68.5 Å². The highest BCUT2D eigenvalue weighted by atomic mass is 16.6. The summed E-state index contributed by atoms with van der Waals surface area (Å²) < 4.78 is 55.6. The van der Waals surface area contributed by atoms with Gasteiger partial charge in [-0.3, -0.25) is 14.4 Å². The average molecular weight is 1410 g/mol. The molecule has 103 heavy (non-hydrogen) atoms. The molecule has 3 aromatic heterocycles. The molecule has 0 radical (unpaired) electrons. The molecule has 3 saturated heterocycles. The molecular formula is C77H92N12O14. The molecule has 0 spiro atoms. The van der Waals surface area contributed by atoms with Crippen molar-refractivity contribution in [3.05, 3.63) is 143 Å². The van der Waals surface area contributed by atoms with Gasteiger partial charge < -0.3 is 76.5 Å². The predicted octanol–water partition coefficient (Wildman–Crippen LogP) is 12.3. The second-order valence-corrected chi connectivity index (χ2v) is 25.6. The number of likely N-dealkylation sites (N-methyl/N-ethyl adjacent to an activating group) is 1. The second kappa shape index (κ2) is 34.7. The first-order chi connectivity index (χ1) is 49.7. The van der Waals surface area contributed by atoms with Gasteiger partial charge in [0.1, 0.15) is 5.60 Å². The van der Waals surface area contributed by atoms with Crippen molar-refractivity contribution in [2.45, 2.75) is 81.8 Å². The Kier molecular flexibility index (Phi) is 25.2. The van der Waals surface area contributed by atoms with E-state index < -0.39 is 5.60 Å². The maximum absolute atomic E-state index is 13.1. The number of methoxy groups -OCH3 is 1. The number of carbonyl (C=O) groups is 4. The Morgan fingerprint density at radius 3 is 1.08 bits per heavy atom. The highest BCUT2D eigenvalue weighted by Gasteiger charge is 2.30. The first-order valence-electron chi connectivity index (χ1n) is 34.9. The minimum absolute atomic E-state index is 0.0489. The van der Waals surface area contributed by atoms with Crippen molar-refractivity contribution >= 4 is 23.8 Å². The van der Waals surface area contributed by atoms with Gasteiger partial charge in [0.25, 0.3) is 35.4 Å². The summed E-state index contributed by atoms with van der Waals surface area (Å²) in [7, 11) is 3.65. The zero-order chi connectivity index (χ0) is 73.3. The molecule has 1 N–H and O–H groups in total. The number of nitrogens with one attached hydrogen (secondary N) is 1. The van der Waals surface area contributed by atoms with Gasteiger partial charge in [-0.1, -0.05) is 33.7 Å². The molecule has 3 aliphatic heterocycles. The van der Waals surface area contributed by atoms with Crippen molar-refractivity contribution < 1.29 is 65.9 Å². The van der Waals surface area contributed by atoms with E-state index in [-0.39, 0.29) is 23.8 Å². The van der Waals surface area contributed by atoms with Crippen LogP contribution in [-0.2, 0) is 4.74 Å². The van der Waals surface area contributed by atoms with Crippen molar-refractivity contribution in [1.82, 2.24) is 60.2 Å². The molecule has 6 aromatic carbocycles. The Bertz CT molecular complexity index is 4390. The lowest BCUT2D eigenvalue weighted by Gasteiger charge is -2.35. The number of aromatic nitrogens is 6. The smallest absolute Gasteiger partial charge is 0.410 e. The van der Waals surface area contributed by atoms with Crippen LogP contribution in [-0.4, -0.2) is 210 Å². The Morgan fingerprint density at radius 1 is 0.417 bits per heavy atom. The van der Waals surface area contributed by atoms with Gasteiger partial charge in [-0.25, -0.2) is 4.79 Å². The summed E-state index contributed by atoms with van der Waals surface area (Å²) in [6.45, 7) is 31.7. The lowest BCUT2D eigenvalue weighted by atomic mass is 10.0. The van der Waals surface area contributed by atoms with E-state index in [1.54, 1.807) is 35.1 Å². The van der Waals surface area contributed by atoms with Gasteiger partial charge in [0.15, 0.2) is 34.5 Å². The van der Waals surface area contributed by atoms with Gasteiger partial charge >= 0.3 is 6.09 Å². The molecule has 12 rings (SSSR count). The molecule has 4 amide bonds. The average Bonchev–Trinajstić information content (AvgIpc) is 1.78. The lowest BCUT2D eigenvalue weighted by molar-refractivity contribution is 0.0140. The molecule has 3 aliphatic rings. The standard InChI is InChI=1S/C28H34N4O6.C25H30N4O4.C24H28N4O4/c1-7-36-22-11-9-19(17-23(22)35-6)25-29-24(30-38-25)21-10-8-20(16-18(21)2)26(33)31-12-14-32(15-13-31)27(34)37-28(3,4)5;1-5-31-21-10-8-18(16-22(21)32-6-2)24-26-23(27-33-24)20-9-7-19(15-17(20)3)25(30)29-13-11-28(4)12-14-29;1-4-30-20-9-7-17(15-21(20)31-5-2)23-26-22(27-32-23)19-8-6-18(14-16(19)3)24(29)28-12-10-25-11-13-28/h8-11,16-17H,7,12-15H2,1-6H3;7-10,15-16H,5-6,11-14H2,1-4H3;6-9,14-15,25H,4-5,10-13H2,1-3H3. The van der Waals surface area contributed by atoms with E-state index in [0.717, 1.165) is 96.9 Å². The maximum Gasteiger partial charge on any atom is 0.410 e. The van der Waals surface area contributed by atoms with E-state index in [1.807, 2.05) is 177 Å². The molecule has 0 aliphatic carbocycles. The number of aryl methyl sites for hydroxylation is 3. The van der Waals surface area contributed by atoms with Crippen LogP contribution in [0.3, 0.4) is 0 Å². The third-order valence-electron chi connectivity index (χ3n) is 17.1. The SMILES string of the molecule is CCOc1ccc(-c2nc(-c3ccc(C(=O)N4CCN(C(=O)OC(C)(C)C)CC4)cc3C)no2)cc1OC.CCOc1ccc(-c2nc(-c3ccc(C(=O)N4CCN(C)CC4)cc3C)no2)cc1OCC.CCOc1ccc(-c2nc(-c3ccc(C(=O)N4CCNCC4)cc3C)no2)cc1OCC. The minimum atomic E-state index is -0.552. The summed E-state index contributed by atoms with van der Waals surface area (Å²) in [5, 5.41) is 15.7. The van der Waals surface area contributed by atoms with Crippen LogP contribution in [0, 0.1) is 20.8 Å². The van der Waals surface area contributed by atoms with Crippen molar-refractivity contribution in [3.8, 4) is 103 Å². The highest BCUT2D eigenvalue weighted by molar-refractivity contribution is 5.97. The molecule has 0 unspecified atom stereocenters. The quantitative estimate of drug-likeness (QED) is 0.0742. The molecule has 6 heterocycles. The third-order valence-corrected chi connectivity index (χ3v) is 17.1. The third kappa shape index (κ3) is 18.8. The summed E-state index contributed by atoms with van der Waals surface area (Å²) >= 11 is 0. The lowest BCUT2D eigenvalue weighted by Crippen LogP contribution is -2.51. The Hall–Kier alpha value is -10.9. The number of piperazine rings is 3. The van der Waals surface area contributed by atoms with Crippen LogP contribution in [0.1, 0.15) is 103 Å². The monoisotopic (exact) mass is 1410 g/mol. The number of rotatable bonds is 20. The van der Waals surface area contributed by atoms with E-state index in [9.17, 15) is 19.2 Å². The van der Waals surface area contributed by atoms with Crippen LogP contribution in [0.15, 0.2) is 123 Å². The van der Waals surface area contributed by atoms with Gasteiger partial charge in [-0.2, -0.15) is 15.0 Å². The van der Waals surface area contributed by atoms with Gasteiger partial charge in [-0.15, -0.1) is 0 Å². The number of benzene rings is 6. The van der Waals surface area contributed by atoms with Crippen molar-refractivity contribution in [3.63, 3.8) is 0 Å². The van der Waals surface area contributed by atoms with Crippen molar-refractivity contribution in [1.29, 1.82) is 0 Å². The highest BCUT2D eigenvalue weighted by Crippen LogP contribution is 2.37. The first-order valence-corrected chi connectivity index (χ1v) is 34.9. The largest absolute Gasteiger partial charge is 0.493 e. The summed E-state index contributed by atoms with van der Waals surface area (Å²) in [6, 6.07) is 33.2. The van der Waals surface area contributed by atoms with Crippen LogP contribution in [0.2, 0.25) is 0 Å². The zero-order valence-electron chi connectivity index (χ0n) is 61.0. The molecule has 0 bridgehead atoms. The van der Waals surface area contributed by atoms with Crippen LogP contribution >= 0.6 is 0 Å². The topological polar surface area (TPSA) is 278 Å². The zero-order valence-corrected chi connectivity index (χ0v) is 61.0. The maximum atomic E-state index is 13.1. The Labute approximate surface area is 600 Å². The van der Waals surface area contributed by atoms with Gasteiger partial charge in [0, 0.05) is 129 Å². The van der Waals surface area contributed by atoms with E-state index >= 15 is 0 Å². The molecule has 0 saturated carbocycles.